The second-order valence-corrected chi connectivity index (χ2v) is 12.3. The first-order valence-corrected chi connectivity index (χ1v) is 15.3. The number of hydrogen-bond donors (Lipinski definition) is 1. The first-order chi connectivity index (χ1) is 21.4. The van der Waals surface area contributed by atoms with E-state index in [0.717, 1.165) is 38.6 Å². The number of phenols is 1. The highest BCUT2D eigenvalue weighted by Crippen LogP contribution is 2.47. The molecule has 0 radical (unpaired) electrons. The SMILES string of the molecule is C#Cc1c(F)ccc2cc(O)cc(-c3ncc4c(N5CCCOCC5)nc(OCC56CCCCC5N(C)CC6)nc4c3F)c12. The molecule has 0 spiro atoms. The molecule has 1 aliphatic carbocycles. The molecule has 2 atom stereocenters. The lowest BCUT2D eigenvalue weighted by Crippen LogP contribution is -2.44. The van der Waals surface area contributed by atoms with Gasteiger partial charge in [0.15, 0.2) is 5.82 Å². The van der Waals surface area contributed by atoms with Crippen molar-refractivity contribution in [2.75, 3.05) is 51.4 Å². The molecule has 2 aliphatic heterocycles. The maximum Gasteiger partial charge on any atom is 0.319 e. The average Bonchev–Trinajstić information content (AvgIpc) is 3.17. The molecule has 3 fully saturated rings. The van der Waals surface area contributed by atoms with Crippen molar-refractivity contribution in [3.05, 3.63) is 47.7 Å². The van der Waals surface area contributed by atoms with Crippen LogP contribution < -0.4 is 9.64 Å². The molecular weight excluding hydrogens is 564 g/mol. The molecule has 0 bridgehead atoms. The number of halogens is 2. The summed E-state index contributed by atoms with van der Waals surface area (Å²) in [6.45, 7) is 3.88. The van der Waals surface area contributed by atoms with Gasteiger partial charge >= 0.3 is 6.01 Å². The molecule has 4 heterocycles. The van der Waals surface area contributed by atoms with Crippen molar-refractivity contribution in [3.63, 3.8) is 0 Å². The summed E-state index contributed by atoms with van der Waals surface area (Å²) in [7, 11) is 2.18. The van der Waals surface area contributed by atoms with Crippen LogP contribution in [0.15, 0.2) is 30.5 Å². The van der Waals surface area contributed by atoms with Crippen molar-refractivity contribution in [1.82, 2.24) is 19.9 Å². The zero-order chi connectivity index (χ0) is 30.4. The first kappa shape index (κ1) is 28.7. The van der Waals surface area contributed by atoms with Gasteiger partial charge in [0.25, 0.3) is 0 Å². The topological polar surface area (TPSA) is 83.8 Å². The number of likely N-dealkylation sites (tertiary alicyclic amines) is 1. The van der Waals surface area contributed by atoms with E-state index in [1.54, 1.807) is 0 Å². The number of ether oxygens (including phenoxy) is 2. The summed E-state index contributed by atoms with van der Waals surface area (Å²) in [6, 6.07) is 6.10. The summed E-state index contributed by atoms with van der Waals surface area (Å²) >= 11 is 0. The smallest absolute Gasteiger partial charge is 0.319 e. The molecular formula is C34H35F2N5O3. The number of anilines is 1. The van der Waals surface area contributed by atoms with E-state index in [1.165, 1.54) is 36.9 Å². The fraction of sp³-hybridized carbons (Fsp3) is 0.441. The molecule has 0 amide bonds. The predicted octanol–water partition coefficient (Wildman–Crippen LogP) is 5.68. The molecule has 1 N–H and O–H groups in total. The summed E-state index contributed by atoms with van der Waals surface area (Å²) in [5.41, 5.74) is 0.101. The number of phenolic OH excluding ortho intramolecular Hbond substituents is 1. The van der Waals surface area contributed by atoms with Gasteiger partial charge in [-0.25, -0.2) is 8.78 Å². The Morgan fingerprint density at radius 3 is 2.86 bits per heavy atom. The molecule has 2 saturated heterocycles. The van der Waals surface area contributed by atoms with Gasteiger partial charge in [0.2, 0.25) is 0 Å². The third-order valence-electron chi connectivity index (χ3n) is 9.71. The number of rotatable bonds is 5. The summed E-state index contributed by atoms with van der Waals surface area (Å²) in [5, 5.41) is 11.7. The highest BCUT2D eigenvalue weighted by molar-refractivity contribution is 6.03. The molecule has 4 aromatic rings. The van der Waals surface area contributed by atoms with Crippen molar-refractivity contribution >= 4 is 27.5 Å². The minimum atomic E-state index is -0.726. The number of terminal acetylenes is 1. The van der Waals surface area contributed by atoms with Crippen molar-refractivity contribution in [2.45, 2.75) is 44.6 Å². The van der Waals surface area contributed by atoms with Crippen molar-refractivity contribution < 1.29 is 23.4 Å². The molecule has 10 heteroatoms. The van der Waals surface area contributed by atoms with Crippen LogP contribution in [0.2, 0.25) is 0 Å². The Hall–Kier alpha value is -4.07. The Kier molecular flexibility index (Phi) is 7.47. The van der Waals surface area contributed by atoms with Crippen LogP contribution in [0, 0.1) is 29.4 Å². The van der Waals surface area contributed by atoms with Crippen LogP contribution in [0.5, 0.6) is 11.8 Å². The molecule has 8 nitrogen and oxygen atoms in total. The molecule has 2 aromatic heterocycles. The van der Waals surface area contributed by atoms with E-state index in [-0.39, 0.29) is 39.5 Å². The van der Waals surface area contributed by atoms with Gasteiger partial charge in [0.05, 0.1) is 24.2 Å². The quantitative estimate of drug-likeness (QED) is 0.294. The van der Waals surface area contributed by atoms with Gasteiger partial charge in [0.1, 0.15) is 28.6 Å². The summed E-state index contributed by atoms with van der Waals surface area (Å²) in [5.74, 6) is 1.45. The molecule has 44 heavy (non-hydrogen) atoms. The fourth-order valence-corrected chi connectivity index (χ4v) is 7.50. The molecule has 3 aliphatic rings. The van der Waals surface area contributed by atoms with E-state index in [4.69, 9.17) is 20.9 Å². The third-order valence-corrected chi connectivity index (χ3v) is 9.71. The number of benzene rings is 2. The molecule has 2 unspecified atom stereocenters. The maximum atomic E-state index is 16.7. The van der Waals surface area contributed by atoms with Gasteiger partial charge in [-0.15, -0.1) is 6.42 Å². The van der Waals surface area contributed by atoms with Crippen LogP contribution in [0.25, 0.3) is 32.9 Å². The van der Waals surface area contributed by atoms with Gasteiger partial charge in [-0.1, -0.05) is 24.8 Å². The number of pyridine rings is 1. The van der Waals surface area contributed by atoms with Crippen molar-refractivity contribution in [1.29, 1.82) is 0 Å². The molecule has 2 aromatic carbocycles. The number of aromatic hydroxyl groups is 1. The number of aromatic nitrogens is 3. The number of nitrogens with zero attached hydrogens (tertiary/aromatic N) is 5. The Bertz CT molecular complexity index is 1780. The van der Waals surface area contributed by atoms with E-state index in [2.05, 4.69) is 32.7 Å². The Balaban J connectivity index is 1.37. The van der Waals surface area contributed by atoms with Crippen LogP contribution in [-0.4, -0.2) is 77.5 Å². The van der Waals surface area contributed by atoms with Crippen LogP contribution in [0.4, 0.5) is 14.6 Å². The Labute approximate surface area is 255 Å². The average molecular weight is 600 g/mol. The third kappa shape index (κ3) is 4.88. The zero-order valence-electron chi connectivity index (χ0n) is 24.8. The van der Waals surface area contributed by atoms with E-state index in [9.17, 15) is 9.50 Å². The zero-order valence-corrected chi connectivity index (χ0v) is 24.8. The summed E-state index contributed by atoms with van der Waals surface area (Å²) in [6.07, 6.45) is 13.6. The maximum absolute atomic E-state index is 16.7. The molecule has 228 valence electrons. The van der Waals surface area contributed by atoms with Gasteiger partial charge in [0, 0.05) is 48.3 Å². The van der Waals surface area contributed by atoms with Gasteiger partial charge in [-0.3, -0.25) is 4.98 Å². The van der Waals surface area contributed by atoms with Crippen LogP contribution in [-0.2, 0) is 4.74 Å². The van der Waals surface area contributed by atoms with E-state index < -0.39 is 11.6 Å². The molecule has 7 rings (SSSR count). The summed E-state index contributed by atoms with van der Waals surface area (Å²) < 4.78 is 43.6. The second-order valence-electron chi connectivity index (χ2n) is 12.3. The van der Waals surface area contributed by atoms with Crippen LogP contribution in [0.3, 0.4) is 0 Å². The highest BCUT2D eigenvalue weighted by atomic mass is 19.1. The predicted molar refractivity (Wildman–Crippen MR) is 165 cm³/mol. The van der Waals surface area contributed by atoms with Gasteiger partial charge in [-0.2, -0.15) is 9.97 Å². The lowest BCUT2D eigenvalue weighted by atomic mass is 9.71. The molecule has 1 saturated carbocycles. The Morgan fingerprint density at radius 2 is 2.00 bits per heavy atom. The van der Waals surface area contributed by atoms with E-state index in [1.807, 2.05) is 0 Å². The van der Waals surface area contributed by atoms with E-state index >= 15 is 4.39 Å². The fourth-order valence-electron chi connectivity index (χ4n) is 7.50. The van der Waals surface area contributed by atoms with Crippen LogP contribution >= 0.6 is 0 Å². The number of fused-ring (bicyclic) bond motifs is 3. The normalized spacial score (nSPS) is 22.6. The van der Waals surface area contributed by atoms with Gasteiger partial charge < -0.3 is 24.4 Å². The van der Waals surface area contributed by atoms with Gasteiger partial charge in [-0.05, 0) is 62.9 Å². The van der Waals surface area contributed by atoms with Crippen molar-refractivity contribution in [3.8, 4) is 35.4 Å². The lowest BCUT2D eigenvalue weighted by Gasteiger charge is -2.40. The summed E-state index contributed by atoms with van der Waals surface area (Å²) in [4.78, 5) is 18.4. The lowest BCUT2D eigenvalue weighted by molar-refractivity contribution is 0.0550. The monoisotopic (exact) mass is 599 g/mol. The highest BCUT2D eigenvalue weighted by Gasteiger charge is 2.47. The standard InChI is InChI=1S/C34H35F2N5O3/c1-3-23-26(35)9-8-21-17-22(42)18-24(28(21)23)30-29(36)31-25(19-37-30)32(41-12-6-15-43-16-14-41)39-33(38-31)44-20-34-10-5-4-7-27(34)40(2)13-11-34/h1,8-9,17-19,27,42H,4-7,10-16,20H2,2H3. The second kappa shape index (κ2) is 11.5. The first-order valence-electron chi connectivity index (χ1n) is 15.3. The Morgan fingerprint density at radius 1 is 1.11 bits per heavy atom. The minimum absolute atomic E-state index is 0.0139. The van der Waals surface area contributed by atoms with E-state index in [0.29, 0.717) is 60.9 Å². The van der Waals surface area contributed by atoms with Crippen LogP contribution in [0.1, 0.15) is 44.1 Å². The number of hydrogen-bond acceptors (Lipinski definition) is 8. The minimum Gasteiger partial charge on any atom is -0.508 e. The van der Waals surface area contributed by atoms with Crippen molar-refractivity contribution in [2.24, 2.45) is 5.41 Å². The largest absolute Gasteiger partial charge is 0.508 e.